The number of nitriles is 1. The molecule has 1 aliphatic rings. The van der Waals surface area contributed by atoms with Gasteiger partial charge in [-0.3, -0.25) is 0 Å². The number of hydrogen-bond donors (Lipinski definition) is 1. The summed E-state index contributed by atoms with van der Waals surface area (Å²) >= 11 is 0. The molecule has 1 unspecified atom stereocenters. The quantitative estimate of drug-likeness (QED) is 0.743. The van der Waals surface area contributed by atoms with Gasteiger partial charge in [-0.1, -0.05) is 0 Å². The molecule has 0 aliphatic carbocycles. The van der Waals surface area contributed by atoms with E-state index in [0.717, 1.165) is 19.5 Å². The molecule has 1 saturated heterocycles. The molecule has 0 amide bonds. The molecule has 5 nitrogen and oxygen atoms in total. The van der Waals surface area contributed by atoms with E-state index in [9.17, 15) is 0 Å². The Morgan fingerprint density at radius 3 is 3.20 bits per heavy atom. The average molecular weight is 204 g/mol. The average Bonchev–Trinajstić information content (AvgIpc) is 2.77. The molecule has 0 saturated carbocycles. The van der Waals surface area contributed by atoms with Crippen molar-refractivity contribution in [3.63, 3.8) is 0 Å². The molecule has 5 heteroatoms. The minimum atomic E-state index is 0.193. The van der Waals surface area contributed by atoms with Crippen LogP contribution in [0.25, 0.3) is 0 Å². The van der Waals surface area contributed by atoms with Crippen molar-refractivity contribution in [2.75, 3.05) is 24.6 Å². The van der Waals surface area contributed by atoms with Crippen LogP contribution in [0.4, 0.5) is 5.82 Å². The number of aliphatic hydroxyl groups is 1. The summed E-state index contributed by atoms with van der Waals surface area (Å²) in [6, 6.07) is 3.76. The fourth-order valence-corrected chi connectivity index (χ4v) is 1.82. The molecule has 2 heterocycles. The van der Waals surface area contributed by atoms with Crippen LogP contribution in [0.1, 0.15) is 12.0 Å². The van der Waals surface area contributed by atoms with E-state index >= 15 is 0 Å². The Kier molecular flexibility index (Phi) is 2.79. The molecule has 0 radical (unpaired) electrons. The lowest BCUT2D eigenvalue weighted by Crippen LogP contribution is -2.23. The molecule has 1 aromatic rings. The van der Waals surface area contributed by atoms with E-state index in [1.54, 1.807) is 6.07 Å². The Balaban J connectivity index is 2.20. The minimum Gasteiger partial charge on any atom is -0.396 e. The van der Waals surface area contributed by atoms with E-state index in [1.165, 1.54) is 6.20 Å². The van der Waals surface area contributed by atoms with E-state index in [1.807, 2.05) is 4.90 Å². The highest BCUT2D eigenvalue weighted by Gasteiger charge is 2.24. The van der Waals surface area contributed by atoms with Gasteiger partial charge in [0, 0.05) is 25.6 Å². The fourth-order valence-electron chi connectivity index (χ4n) is 1.82. The molecule has 1 atom stereocenters. The van der Waals surface area contributed by atoms with Crippen molar-refractivity contribution in [2.24, 2.45) is 5.92 Å². The Hall–Kier alpha value is -1.67. The van der Waals surface area contributed by atoms with Crippen LogP contribution < -0.4 is 4.90 Å². The van der Waals surface area contributed by atoms with E-state index in [2.05, 4.69) is 16.3 Å². The molecular formula is C10H12N4O. The molecule has 1 fully saturated rings. The third-order valence-corrected chi connectivity index (χ3v) is 2.67. The standard InChI is InChI=1S/C10H12N4O/c11-5-9-1-3-12-13-10(9)14-4-2-8(6-14)7-15/h1,3,8,15H,2,4,6-7H2. The second-order valence-corrected chi connectivity index (χ2v) is 3.66. The van der Waals surface area contributed by atoms with Gasteiger partial charge >= 0.3 is 0 Å². The first kappa shape index (κ1) is 9.87. The van der Waals surface area contributed by atoms with Crippen LogP contribution in [-0.2, 0) is 0 Å². The fraction of sp³-hybridized carbons (Fsp3) is 0.500. The van der Waals surface area contributed by atoms with Gasteiger partial charge in [-0.2, -0.15) is 10.4 Å². The number of hydrogen-bond acceptors (Lipinski definition) is 5. The largest absolute Gasteiger partial charge is 0.396 e. The monoisotopic (exact) mass is 204 g/mol. The van der Waals surface area contributed by atoms with Crippen LogP contribution in [-0.4, -0.2) is 35.0 Å². The number of aliphatic hydroxyl groups excluding tert-OH is 1. The van der Waals surface area contributed by atoms with Crippen LogP contribution in [0.2, 0.25) is 0 Å². The molecular weight excluding hydrogens is 192 g/mol. The lowest BCUT2D eigenvalue weighted by molar-refractivity contribution is 0.238. The van der Waals surface area contributed by atoms with Crippen LogP contribution in [0, 0.1) is 17.2 Å². The zero-order valence-corrected chi connectivity index (χ0v) is 8.30. The summed E-state index contributed by atoms with van der Waals surface area (Å²) in [5, 5.41) is 25.7. The molecule has 0 bridgehead atoms. The normalized spacial score (nSPS) is 20.3. The Morgan fingerprint density at radius 2 is 2.53 bits per heavy atom. The lowest BCUT2D eigenvalue weighted by Gasteiger charge is -2.16. The van der Waals surface area contributed by atoms with Gasteiger partial charge in [0.05, 0.1) is 11.8 Å². The first-order valence-electron chi connectivity index (χ1n) is 4.92. The topological polar surface area (TPSA) is 73.0 Å². The highest BCUT2D eigenvalue weighted by atomic mass is 16.3. The third kappa shape index (κ3) is 1.90. The van der Waals surface area contributed by atoms with Crippen molar-refractivity contribution in [2.45, 2.75) is 6.42 Å². The second-order valence-electron chi connectivity index (χ2n) is 3.66. The van der Waals surface area contributed by atoms with E-state index in [4.69, 9.17) is 10.4 Å². The number of rotatable bonds is 2. The summed E-state index contributed by atoms with van der Waals surface area (Å²) in [6.45, 7) is 1.78. The van der Waals surface area contributed by atoms with Crippen LogP contribution in [0.3, 0.4) is 0 Å². The first-order valence-corrected chi connectivity index (χ1v) is 4.92. The summed E-state index contributed by atoms with van der Waals surface area (Å²) in [5.74, 6) is 0.925. The maximum atomic E-state index is 9.03. The van der Waals surface area contributed by atoms with Crippen LogP contribution >= 0.6 is 0 Å². The number of aromatic nitrogens is 2. The predicted molar refractivity (Wildman–Crippen MR) is 54.2 cm³/mol. The zero-order chi connectivity index (χ0) is 10.7. The van der Waals surface area contributed by atoms with Crippen molar-refractivity contribution in [1.29, 1.82) is 5.26 Å². The summed E-state index contributed by atoms with van der Waals surface area (Å²) < 4.78 is 0. The molecule has 0 spiro atoms. The third-order valence-electron chi connectivity index (χ3n) is 2.67. The maximum absolute atomic E-state index is 9.03. The van der Waals surface area contributed by atoms with Gasteiger partial charge in [-0.05, 0) is 12.5 Å². The Labute approximate surface area is 88.0 Å². The molecule has 1 aromatic heterocycles. The van der Waals surface area contributed by atoms with Crippen molar-refractivity contribution in [1.82, 2.24) is 10.2 Å². The Morgan fingerprint density at radius 1 is 1.67 bits per heavy atom. The van der Waals surface area contributed by atoms with Gasteiger partial charge in [-0.25, -0.2) is 0 Å². The van der Waals surface area contributed by atoms with Gasteiger partial charge in [0.2, 0.25) is 0 Å². The molecule has 0 aromatic carbocycles. The molecule has 1 N–H and O–H groups in total. The zero-order valence-electron chi connectivity index (χ0n) is 8.30. The second kappa shape index (κ2) is 4.24. The van der Waals surface area contributed by atoms with Gasteiger partial charge in [0.15, 0.2) is 5.82 Å². The Bertz CT molecular complexity index is 387. The van der Waals surface area contributed by atoms with Gasteiger partial charge in [0.25, 0.3) is 0 Å². The summed E-state index contributed by atoms with van der Waals surface area (Å²) in [6.07, 6.45) is 2.46. The lowest BCUT2D eigenvalue weighted by atomic mass is 10.1. The molecule has 2 rings (SSSR count). The summed E-state index contributed by atoms with van der Waals surface area (Å²) in [4.78, 5) is 2.01. The SMILES string of the molecule is N#Cc1ccnnc1N1CCC(CO)C1. The maximum Gasteiger partial charge on any atom is 0.169 e. The van der Waals surface area contributed by atoms with Gasteiger partial charge in [-0.15, -0.1) is 5.10 Å². The highest BCUT2D eigenvalue weighted by Crippen LogP contribution is 2.23. The molecule has 78 valence electrons. The predicted octanol–water partition coefficient (Wildman–Crippen LogP) is 0.167. The molecule has 1 aliphatic heterocycles. The van der Waals surface area contributed by atoms with E-state index in [-0.39, 0.29) is 6.61 Å². The van der Waals surface area contributed by atoms with E-state index < -0.39 is 0 Å². The van der Waals surface area contributed by atoms with Crippen LogP contribution in [0.5, 0.6) is 0 Å². The van der Waals surface area contributed by atoms with Crippen molar-refractivity contribution in [3.05, 3.63) is 17.8 Å². The first-order chi connectivity index (χ1) is 7.35. The van der Waals surface area contributed by atoms with Crippen molar-refractivity contribution in [3.8, 4) is 6.07 Å². The summed E-state index contributed by atoms with van der Waals surface area (Å²) in [7, 11) is 0. The number of anilines is 1. The van der Waals surface area contributed by atoms with Gasteiger partial charge in [0.1, 0.15) is 6.07 Å². The number of nitrogens with zero attached hydrogens (tertiary/aromatic N) is 4. The molecule has 15 heavy (non-hydrogen) atoms. The van der Waals surface area contributed by atoms with E-state index in [0.29, 0.717) is 17.3 Å². The van der Waals surface area contributed by atoms with Crippen molar-refractivity contribution >= 4 is 5.82 Å². The van der Waals surface area contributed by atoms with Crippen LogP contribution in [0.15, 0.2) is 12.3 Å². The smallest absolute Gasteiger partial charge is 0.169 e. The van der Waals surface area contributed by atoms with Crippen molar-refractivity contribution < 1.29 is 5.11 Å². The van der Waals surface area contributed by atoms with Gasteiger partial charge < -0.3 is 10.0 Å². The highest BCUT2D eigenvalue weighted by molar-refractivity contribution is 5.53. The minimum absolute atomic E-state index is 0.193. The summed E-state index contributed by atoms with van der Waals surface area (Å²) in [5.41, 5.74) is 0.545.